The number of amides is 1. The van der Waals surface area contributed by atoms with Crippen molar-refractivity contribution in [3.63, 3.8) is 0 Å². The molecule has 1 aromatic carbocycles. The van der Waals surface area contributed by atoms with Crippen LogP contribution in [-0.4, -0.2) is 42.6 Å². The van der Waals surface area contributed by atoms with Gasteiger partial charge < -0.3 is 15.5 Å². The molecule has 1 fully saturated rings. The number of hydrogen-bond acceptors (Lipinski definition) is 5. The molecule has 27 heavy (non-hydrogen) atoms. The van der Waals surface area contributed by atoms with Gasteiger partial charge in [-0.05, 0) is 61.9 Å². The highest BCUT2D eigenvalue weighted by molar-refractivity contribution is 6.30. The first kappa shape index (κ1) is 19.4. The highest BCUT2D eigenvalue weighted by Gasteiger charge is 2.22. The maximum atomic E-state index is 12.2. The van der Waals surface area contributed by atoms with Crippen molar-refractivity contribution in [3.05, 3.63) is 47.1 Å². The van der Waals surface area contributed by atoms with Gasteiger partial charge in [-0.25, -0.2) is 4.98 Å². The number of nitrogens with one attached hydrogen (secondary N) is 2. The molecule has 0 atom stereocenters. The van der Waals surface area contributed by atoms with Crippen LogP contribution in [0.3, 0.4) is 0 Å². The van der Waals surface area contributed by atoms with Gasteiger partial charge in [0.25, 0.3) is 5.91 Å². The zero-order valence-electron chi connectivity index (χ0n) is 15.8. The van der Waals surface area contributed by atoms with Crippen LogP contribution in [0, 0.1) is 5.92 Å². The fourth-order valence-corrected chi connectivity index (χ4v) is 3.43. The van der Waals surface area contributed by atoms with E-state index in [-0.39, 0.29) is 5.91 Å². The van der Waals surface area contributed by atoms with E-state index in [9.17, 15) is 4.79 Å². The van der Waals surface area contributed by atoms with Gasteiger partial charge in [-0.2, -0.15) is 4.98 Å². The maximum Gasteiger partial charge on any atom is 0.251 e. The number of hydrogen-bond donors (Lipinski definition) is 2. The average Bonchev–Trinajstić information content (AvgIpc) is 2.68. The second-order valence-electron chi connectivity index (χ2n) is 7.21. The van der Waals surface area contributed by atoms with Crippen LogP contribution in [0.4, 0.5) is 11.8 Å². The molecule has 0 aliphatic heterocycles. The van der Waals surface area contributed by atoms with Gasteiger partial charge in [-0.1, -0.05) is 11.6 Å². The van der Waals surface area contributed by atoms with Crippen LogP contribution >= 0.6 is 11.6 Å². The van der Waals surface area contributed by atoms with Crippen LogP contribution in [0.1, 0.15) is 36.0 Å². The molecule has 2 aromatic rings. The Morgan fingerprint density at radius 2 is 1.85 bits per heavy atom. The minimum Gasteiger partial charge on any atom is -0.363 e. The van der Waals surface area contributed by atoms with Crippen molar-refractivity contribution in [3.8, 4) is 0 Å². The lowest BCUT2D eigenvalue weighted by atomic mass is 9.86. The molecular weight excluding hydrogens is 362 g/mol. The Balaban J connectivity index is 1.43. The minimum absolute atomic E-state index is 0.0409. The normalized spacial score (nSPS) is 19.4. The van der Waals surface area contributed by atoms with Gasteiger partial charge in [0.15, 0.2) is 0 Å². The van der Waals surface area contributed by atoms with Crippen LogP contribution in [0.25, 0.3) is 0 Å². The fourth-order valence-electron chi connectivity index (χ4n) is 3.30. The summed E-state index contributed by atoms with van der Waals surface area (Å²) in [5.41, 5.74) is 0.646. The van der Waals surface area contributed by atoms with Crippen molar-refractivity contribution in [2.75, 3.05) is 30.9 Å². The van der Waals surface area contributed by atoms with Crippen molar-refractivity contribution in [1.29, 1.82) is 0 Å². The summed E-state index contributed by atoms with van der Waals surface area (Å²) in [6.07, 6.45) is 6.04. The second-order valence-corrected chi connectivity index (χ2v) is 7.65. The number of halogens is 1. The average molecular weight is 388 g/mol. The minimum atomic E-state index is -0.0409. The van der Waals surface area contributed by atoms with E-state index in [1.807, 2.05) is 25.1 Å². The van der Waals surface area contributed by atoms with Crippen molar-refractivity contribution < 1.29 is 4.79 Å². The van der Waals surface area contributed by atoms with Crippen molar-refractivity contribution in [2.24, 2.45) is 5.92 Å². The van der Waals surface area contributed by atoms with Gasteiger partial charge in [-0.15, -0.1) is 0 Å². The van der Waals surface area contributed by atoms with Crippen LogP contribution in [0.2, 0.25) is 5.02 Å². The molecule has 144 valence electrons. The predicted octanol–water partition coefficient (Wildman–Crippen LogP) is 3.60. The van der Waals surface area contributed by atoms with E-state index in [1.54, 1.807) is 30.5 Å². The number of benzene rings is 1. The van der Waals surface area contributed by atoms with Gasteiger partial charge >= 0.3 is 0 Å². The highest BCUT2D eigenvalue weighted by Crippen LogP contribution is 2.26. The zero-order valence-corrected chi connectivity index (χ0v) is 16.5. The summed E-state index contributed by atoms with van der Waals surface area (Å²) < 4.78 is 0. The summed E-state index contributed by atoms with van der Waals surface area (Å²) in [4.78, 5) is 23.0. The quantitative estimate of drug-likeness (QED) is 0.792. The number of nitrogens with zero attached hydrogens (tertiary/aromatic N) is 3. The molecule has 1 heterocycles. The third kappa shape index (κ3) is 5.57. The molecule has 6 nitrogen and oxygen atoms in total. The molecule has 1 saturated carbocycles. The fraction of sp³-hybridized carbons (Fsp3) is 0.450. The third-order valence-corrected chi connectivity index (χ3v) is 5.19. The van der Waals surface area contributed by atoms with E-state index in [0.717, 1.165) is 31.5 Å². The summed E-state index contributed by atoms with van der Waals surface area (Å²) in [6, 6.07) is 9.25. The summed E-state index contributed by atoms with van der Waals surface area (Å²) in [5, 5.41) is 7.12. The lowest BCUT2D eigenvalue weighted by molar-refractivity contribution is 0.0943. The van der Waals surface area contributed by atoms with E-state index >= 15 is 0 Å². The number of carbonyl (C=O) groups is 1. The molecular formula is C20H26ClN5O. The van der Waals surface area contributed by atoms with Gasteiger partial charge in [0.05, 0.1) is 0 Å². The Kier molecular flexibility index (Phi) is 6.50. The Labute approximate surface area is 165 Å². The largest absolute Gasteiger partial charge is 0.363 e. The maximum absolute atomic E-state index is 12.2. The van der Waals surface area contributed by atoms with E-state index < -0.39 is 0 Å². The summed E-state index contributed by atoms with van der Waals surface area (Å²) in [7, 11) is 3.94. The molecule has 3 rings (SSSR count). The lowest BCUT2D eigenvalue weighted by Crippen LogP contribution is -2.34. The van der Waals surface area contributed by atoms with Crippen molar-refractivity contribution in [1.82, 2.24) is 15.3 Å². The second kappa shape index (κ2) is 9.04. The van der Waals surface area contributed by atoms with Crippen molar-refractivity contribution in [2.45, 2.75) is 31.7 Å². The molecule has 0 bridgehead atoms. The van der Waals surface area contributed by atoms with Crippen LogP contribution in [0.15, 0.2) is 36.5 Å². The molecule has 0 radical (unpaired) electrons. The van der Waals surface area contributed by atoms with Gasteiger partial charge in [0, 0.05) is 43.5 Å². The first-order valence-electron chi connectivity index (χ1n) is 9.32. The first-order valence-corrected chi connectivity index (χ1v) is 9.69. The topological polar surface area (TPSA) is 70.2 Å². The lowest BCUT2D eigenvalue weighted by Gasteiger charge is -2.29. The van der Waals surface area contributed by atoms with E-state index in [0.29, 0.717) is 35.0 Å². The summed E-state index contributed by atoms with van der Waals surface area (Å²) >= 11 is 5.86. The molecule has 0 unspecified atom stereocenters. The Morgan fingerprint density at radius 1 is 1.15 bits per heavy atom. The standard InChI is InChI=1S/C20H26ClN5O/c1-26(2)18-11-12-22-20(25-18)24-17-9-3-14(4-10-17)13-23-19(27)15-5-7-16(21)8-6-15/h5-8,11-12,14,17H,3-4,9-10,13H2,1-2H3,(H,23,27)(H,22,24,25)/t14-,17+. The smallest absolute Gasteiger partial charge is 0.251 e. The Hall–Kier alpha value is -2.34. The van der Waals surface area contributed by atoms with Gasteiger partial charge in [0.2, 0.25) is 5.95 Å². The molecule has 1 aliphatic carbocycles. The Bertz CT molecular complexity index is 757. The molecule has 7 heteroatoms. The monoisotopic (exact) mass is 387 g/mol. The molecule has 1 aliphatic rings. The van der Waals surface area contributed by atoms with Gasteiger partial charge in [0.1, 0.15) is 5.82 Å². The summed E-state index contributed by atoms with van der Waals surface area (Å²) in [5.74, 6) is 2.04. The first-order chi connectivity index (χ1) is 13.0. The molecule has 0 saturated heterocycles. The molecule has 0 spiro atoms. The van der Waals surface area contributed by atoms with Crippen molar-refractivity contribution >= 4 is 29.3 Å². The van der Waals surface area contributed by atoms with E-state index in [2.05, 4.69) is 20.6 Å². The van der Waals surface area contributed by atoms with E-state index in [1.165, 1.54) is 0 Å². The molecule has 2 N–H and O–H groups in total. The molecule has 1 aromatic heterocycles. The number of anilines is 2. The molecule has 1 amide bonds. The van der Waals surface area contributed by atoms with Crippen LogP contribution in [-0.2, 0) is 0 Å². The van der Waals surface area contributed by atoms with Crippen LogP contribution < -0.4 is 15.5 Å². The number of carbonyl (C=O) groups excluding carboxylic acids is 1. The summed E-state index contributed by atoms with van der Waals surface area (Å²) in [6.45, 7) is 0.709. The predicted molar refractivity (Wildman–Crippen MR) is 110 cm³/mol. The van der Waals surface area contributed by atoms with E-state index in [4.69, 9.17) is 11.6 Å². The zero-order chi connectivity index (χ0) is 19.2. The number of rotatable bonds is 6. The third-order valence-electron chi connectivity index (χ3n) is 4.94. The number of aromatic nitrogens is 2. The van der Waals surface area contributed by atoms with Gasteiger partial charge in [-0.3, -0.25) is 4.79 Å². The highest BCUT2D eigenvalue weighted by atomic mass is 35.5. The SMILES string of the molecule is CN(C)c1ccnc(N[C@H]2CC[C@@H](CNC(=O)c3ccc(Cl)cc3)CC2)n1. The Morgan fingerprint density at radius 3 is 2.52 bits per heavy atom. The van der Waals surface area contributed by atoms with Crippen LogP contribution in [0.5, 0.6) is 0 Å².